The van der Waals surface area contributed by atoms with Gasteiger partial charge in [0, 0.05) is 24.0 Å². The van der Waals surface area contributed by atoms with Crippen molar-refractivity contribution in [3.8, 4) is 0 Å². The lowest BCUT2D eigenvalue weighted by molar-refractivity contribution is -0.121. The molecule has 0 aliphatic heterocycles. The molecule has 0 unspecified atom stereocenters. The normalized spacial score (nSPS) is 15.0. The van der Waals surface area contributed by atoms with Crippen LogP contribution < -0.4 is 5.32 Å². The number of ketones is 1. The molecule has 1 N–H and O–H groups in total. The summed E-state index contributed by atoms with van der Waals surface area (Å²) in [6.07, 6.45) is 5.64. The highest BCUT2D eigenvalue weighted by Crippen LogP contribution is 2.18. The van der Waals surface area contributed by atoms with E-state index in [-0.39, 0.29) is 11.7 Å². The maximum Gasteiger partial charge on any atom is 0.240 e. The van der Waals surface area contributed by atoms with E-state index in [0.717, 1.165) is 12.8 Å². The number of hydrogen-bond acceptors (Lipinski definition) is 2. The minimum atomic E-state index is 0.0169. The van der Waals surface area contributed by atoms with E-state index in [1.165, 1.54) is 6.92 Å². The van der Waals surface area contributed by atoms with Crippen molar-refractivity contribution in [2.45, 2.75) is 32.4 Å². The van der Waals surface area contributed by atoms with Gasteiger partial charge >= 0.3 is 0 Å². The Hall–Kier alpha value is -1.58. The lowest BCUT2D eigenvalue weighted by atomic mass is 10.2. The van der Waals surface area contributed by atoms with Gasteiger partial charge in [0.05, 0.1) is 0 Å². The van der Waals surface area contributed by atoms with Crippen LogP contribution in [0.4, 0.5) is 0 Å². The Balaban J connectivity index is 1.91. The van der Waals surface area contributed by atoms with E-state index < -0.39 is 0 Å². The molecule has 1 heterocycles. The van der Waals surface area contributed by atoms with E-state index in [9.17, 15) is 9.59 Å². The van der Waals surface area contributed by atoms with Gasteiger partial charge in [-0.25, -0.2) is 0 Å². The molecular weight excluding hydrogens is 192 g/mol. The van der Waals surface area contributed by atoms with Crippen molar-refractivity contribution in [1.29, 1.82) is 0 Å². The van der Waals surface area contributed by atoms with Crippen molar-refractivity contribution in [2.75, 3.05) is 0 Å². The number of hydrogen-bond donors (Lipinski definition) is 1. The number of rotatable bonds is 4. The summed E-state index contributed by atoms with van der Waals surface area (Å²) in [5.41, 5.74) is 0.647. The van der Waals surface area contributed by atoms with Crippen molar-refractivity contribution in [1.82, 2.24) is 9.88 Å². The Morgan fingerprint density at radius 3 is 2.80 bits per heavy atom. The Labute approximate surface area is 88.3 Å². The van der Waals surface area contributed by atoms with E-state index in [4.69, 9.17) is 0 Å². The fraction of sp³-hybridized carbons (Fsp3) is 0.455. The van der Waals surface area contributed by atoms with Crippen LogP contribution in [0.15, 0.2) is 18.5 Å². The molecule has 1 amide bonds. The van der Waals surface area contributed by atoms with Gasteiger partial charge in [-0.1, -0.05) is 0 Å². The van der Waals surface area contributed by atoms with Gasteiger partial charge in [0.1, 0.15) is 6.54 Å². The predicted molar refractivity (Wildman–Crippen MR) is 55.6 cm³/mol. The number of nitrogens with zero attached hydrogens (tertiary/aromatic N) is 1. The molecule has 4 nitrogen and oxygen atoms in total. The summed E-state index contributed by atoms with van der Waals surface area (Å²) in [6.45, 7) is 1.81. The first-order chi connectivity index (χ1) is 7.15. The summed E-state index contributed by atoms with van der Waals surface area (Å²) in [4.78, 5) is 22.4. The lowest BCUT2D eigenvalue weighted by Crippen LogP contribution is -2.28. The summed E-state index contributed by atoms with van der Waals surface area (Å²) in [6, 6.07) is 2.12. The molecule has 1 aliphatic rings. The second-order valence-electron chi connectivity index (χ2n) is 3.97. The summed E-state index contributed by atoms with van der Waals surface area (Å²) >= 11 is 0. The molecule has 0 atom stereocenters. The van der Waals surface area contributed by atoms with Gasteiger partial charge in [-0.15, -0.1) is 0 Å². The number of carbonyl (C=O) groups is 2. The van der Waals surface area contributed by atoms with Gasteiger partial charge in [-0.2, -0.15) is 0 Å². The Kier molecular flexibility index (Phi) is 2.58. The molecule has 1 aromatic heterocycles. The van der Waals surface area contributed by atoms with Crippen molar-refractivity contribution >= 4 is 11.7 Å². The summed E-state index contributed by atoms with van der Waals surface area (Å²) in [5, 5.41) is 2.90. The number of nitrogens with one attached hydrogen (secondary N) is 1. The molecule has 15 heavy (non-hydrogen) atoms. The number of aromatic nitrogens is 1. The van der Waals surface area contributed by atoms with Crippen molar-refractivity contribution in [2.24, 2.45) is 0 Å². The average molecular weight is 206 g/mol. The Bertz CT molecular complexity index is 391. The molecule has 0 saturated heterocycles. The highest BCUT2D eigenvalue weighted by molar-refractivity contribution is 5.93. The quantitative estimate of drug-likeness (QED) is 0.746. The lowest BCUT2D eigenvalue weighted by Gasteiger charge is -2.03. The van der Waals surface area contributed by atoms with Gasteiger partial charge in [-0.05, 0) is 25.8 Å². The fourth-order valence-electron chi connectivity index (χ4n) is 1.41. The third-order valence-electron chi connectivity index (χ3n) is 2.43. The van der Waals surface area contributed by atoms with Crippen LogP contribution in [0.1, 0.15) is 30.1 Å². The maximum atomic E-state index is 11.4. The van der Waals surface area contributed by atoms with Crippen LogP contribution >= 0.6 is 0 Å². The molecule has 0 radical (unpaired) electrons. The smallest absolute Gasteiger partial charge is 0.240 e. The first kappa shape index (κ1) is 9.96. The molecule has 4 heteroatoms. The van der Waals surface area contributed by atoms with Gasteiger partial charge in [-0.3, -0.25) is 9.59 Å². The van der Waals surface area contributed by atoms with Gasteiger partial charge in [0.25, 0.3) is 0 Å². The topological polar surface area (TPSA) is 51.1 Å². The minimum absolute atomic E-state index is 0.0169. The molecule has 0 bridgehead atoms. The van der Waals surface area contributed by atoms with Crippen LogP contribution in [0.25, 0.3) is 0 Å². The zero-order valence-electron chi connectivity index (χ0n) is 8.69. The zero-order valence-corrected chi connectivity index (χ0v) is 8.69. The SMILES string of the molecule is CC(=O)c1ccn(CC(=O)NC2CC2)c1. The van der Waals surface area contributed by atoms with Crippen LogP contribution in [0, 0.1) is 0 Å². The predicted octanol–water partition coefficient (Wildman–Crippen LogP) is 0.969. The van der Waals surface area contributed by atoms with Gasteiger partial charge < -0.3 is 9.88 Å². The van der Waals surface area contributed by atoms with E-state index in [1.54, 1.807) is 23.0 Å². The van der Waals surface area contributed by atoms with Crippen LogP contribution in [-0.2, 0) is 11.3 Å². The Morgan fingerprint density at radius 1 is 1.53 bits per heavy atom. The maximum absolute atomic E-state index is 11.4. The van der Waals surface area contributed by atoms with Crippen LogP contribution in [-0.4, -0.2) is 22.3 Å². The third kappa shape index (κ3) is 2.68. The van der Waals surface area contributed by atoms with Crippen molar-refractivity contribution in [3.05, 3.63) is 24.0 Å². The van der Waals surface area contributed by atoms with Crippen molar-refractivity contribution < 1.29 is 9.59 Å². The molecule has 0 spiro atoms. The molecule has 0 aromatic carbocycles. The standard InChI is InChI=1S/C11H14N2O2/c1-8(14)9-4-5-13(6-9)7-11(15)12-10-2-3-10/h4-6,10H,2-3,7H2,1H3,(H,12,15). The molecular formula is C11H14N2O2. The highest BCUT2D eigenvalue weighted by Gasteiger charge is 2.23. The Morgan fingerprint density at radius 2 is 2.27 bits per heavy atom. The number of amides is 1. The molecule has 1 aliphatic carbocycles. The minimum Gasteiger partial charge on any atom is -0.352 e. The van der Waals surface area contributed by atoms with Crippen LogP contribution in [0.5, 0.6) is 0 Å². The van der Waals surface area contributed by atoms with Gasteiger partial charge in [0.15, 0.2) is 5.78 Å². The summed E-state index contributed by atoms with van der Waals surface area (Å²) < 4.78 is 1.73. The number of Topliss-reactive ketones (excluding diaryl/α,β-unsaturated/α-hetero) is 1. The second kappa shape index (κ2) is 3.88. The molecule has 1 saturated carbocycles. The van der Waals surface area contributed by atoms with Gasteiger partial charge in [0.2, 0.25) is 5.91 Å². The largest absolute Gasteiger partial charge is 0.352 e. The second-order valence-corrected chi connectivity index (χ2v) is 3.97. The number of carbonyl (C=O) groups excluding carboxylic acids is 2. The van der Waals surface area contributed by atoms with Crippen molar-refractivity contribution in [3.63, 3.8) is 0 Å². The van der Waals surface area contributed by atoms with E-state index >= 15 is 0 Å². The van der Waals surface area contributed by atoms with Crippen LogP contribution in [0.3, 0.4) is 0 Å². The molecule has 1 aromatic rings. The fourth-order valence-corrected chi connectivity index (χ4v) is 1.41. The zero-order chi connectivity index (χ0) is 10.8. The first-order valence-corrected chi connectivity index (χ1v) is 5.11. The van der Waals surface area contributed by atoms with E-state index in [2.05, 4.69) is 5.32 Å². The molecule has 80 valence electrons. The molecule has 1 fully saturated rings. The van der Waals surface area contributed by atoms with E-state index in [0.29, 0.717) is 18.2 Å². The summed E-state index contributed by atoms with van der Waals surface area (Å²) in [7, 11) is 0. The highest BCUT2D eigenvalue weighted by atomic mass is 16.2. The third-order valence-corrected chi connectivity index (χ3v) is 2.43. The first-order valence-electron chi connectivity index (χ1n) is 5.11. The summed E-state index contributed by atoms with van der Waals surface area (Å²) in [5.74, 6) is 0.0413. The monoisotopic (exact) mass is 206 g/mol. The molecule has 2 rings (SSSR count). The average Bonchev–Trinajstić information content (AvgIpc) is 2.82. The van der Waals surface area contributed by atoms with Crippen LogP contribution in [0.2, 0.25) is 0 Å². The van der Waals surface area contributed by atoms with E-state index in [1.807, 2.05) is 0 Å².